The van der Waals surface area contributed by atoms with Gasteiger partial charge in [0.1, 0.15) is 5.52 Å². The van der Waals surface area contributed by atoms with Crippen molar-refractivity contribution in [1.29, 1.82) is 0 Å². The van der Waals surface area contributed by atoms with Crippen LogP contribution in [0.5, 0.6) is 0 Å². The molecule has 0 aliphatic carbocycles. The molecule has 0 bridgehead atoms. The van der Waals surface area contributed by atoms with Gasteiger partial charge in [-0.15, -0.1) is 5.10 Å². The molecule has 56 valence electrons. The third-order valence-electron chi connectivity index (χ3n) is 1.72. The summed E-state index contributed by atoms with van der Waals surface area (Å²) in [7, 11) is 0. The SMILES string of the molecule is CCc1ccc2onnc2c1. The Labute approximate surface area is 64.0 Å². The van der Waals surface area contributed by atoms with Crippen molar-refractivity contribution in [2.45, 2.75) is 13.3 Å². The quantitative estimate of drug-likeness (QED) is 0.618. The second-order valence-corrected chi connectivity index (χ2v) is 2.43. The summed E-state index contributed by atoms with van der Waals surface area (Å²) in [4.78, 5) is 0. The standard InChI is InChI=1S/C8H8N2O/c1-2-6-3-4-8-7(5-6)9-10-11-8/h3-5H,2H2,1H3. The largest absolute Gasteiger partial charge is 0.337 e. The van der Waals surface area contributed by atoms with Crippen LogP contribution in [0.15, 0.2) is 22.7 Å². The molecule has 0 saturated carbocycles. The van der Waals surface area contributed by atoms with Gasteiger partial charge in [-0.05, 0) is 24.1 Å². The Morgan fingerprint density at radius 1 is 1.45 bits per heavy atom. The second-order valence-electron chi connectivity index (χ2n) is 2.43. The van der Waals surface area contributed by atoms with Gasteiger partial charge in [-0.25, -0.2) is 0 Å². The van der Waals surface area contributed by atoms with Gasteiger partial charge < -0.3 is 4.52 Å². The van der Waals surface area contributed by atoms with Crippen molar-refractivity contribution < 1.29 is 4.52 Å². The molecule has 0 amide bonds. The Morgan fingerprint density at radius 2 is 2.36 bits per heavy atom. The van der Waals surface area contributed by atoms with E-state index in [1.54, 1.807) is 0 Å². The molecule has 0 saturated heterocycles. The molecule has 3 heteroatoms. The summed E-state index contributed by atoms with van der Waals surface area (Å²) < 4.78 is 4.86. The highest BCUT2D eigenvalue weighted by molar-refractivity contribution is 5.71. The minimum atomic E-state index is 0.752. The van der Waals surface area contributed by atoms with E-state index in [0.717, 1.165) is 17.5 Å². The summed E-state index contributed by atoms with van der Waals surface area (Å²) in [5, 5.41) is 7.26. The fourth-order valence-corrected chi connectivity index (χ4v) is 1.05. The van der Waals surface area contributed by atoms with Crippen LogP contribution in [0.1, 0.15) is 12.5 Å². The monoisotopic (exact) mass is 148 g/mol. The second kappa shape index (κ2) is 2.34. The molecule has 0 unspecified atom stereocenters. The van der Waals surface area contributed by atoms with Crippen molar-refractivity contribution in [2.75, 3.05) is 0 Å². The van der Waals surface area contributed by atoms with Gasteiger partial charge in [0, 0.05) is 5.27 Å². The molecular formula is C8H8N2O. The van der Waals surface area contributed by atoms with Crippen LogP contribution in [-0.2, 0) is 6.42 Å². The van der Waals surface area contributed by atoms with E-state index in [-0.39, 0.29) is 0 Å². The zero-order chi connectivity index (χ0) is 7.68. The van der Waals surface area contributed by atoms with Crippen molar-refractivity contribution in [3.05, 3.63) is 23.8 Å². The van der Waals surface area contributed by atoms with Crippen LogP contribution in [0.2, 0.25) is 0 Å². The summed E-state index contributed by atoms with van der Waals surface area (Å²) >= 11 is 0. The number of benzene rings is 1. The first-order valence-corrected chi connectivity index (χ1v) is 3.61. The molecule has 2 rings (SSSR count). The highest BCUT2D eigenvalue weighted by Gasteiger charge is 1.98. The third-order valence-corrected chi connectivity index (χ3v) is 1.72. The average Bonchev–Trinajstić information content (AvgIpc) is 2.50. The number of nitrogens with zero attached hydrogens (tertiary/aromatic N) is 2. The maximum Gasteiger partial charge on any atom is 0.187 e. The van der Waals surface area contributed by atoms with Crippen molar-refractivity contribution in [2.24, 2.45) is 0 Å². The highest BCUT2D eigenvalue weighted by Crippen LogP contribution is 2.12. The zero-order valence-electron chi connectivity index (χ0n) is 6.24. The summed E-state index contributed by atoms with van der Waals surface area (Å²) in [5.74, 6) is 0. The normalized spacial score (nSPS) is 10.6. The first-order chi connectivity index (χ1) is 5.40. The van der Waals surface area contributed by atoms with Crippen LogP contribution in [-0.4, -0.2) is 10.4 Å². The summed E-state index contributed by atoms with van der Waals surface area (Å²) in [6, 6.07) is 5.91. The van der Waals surface area contributed by atoms with E-state index < -0.39 is 0 Å². The highest BCUT2D eigenvalue weighted by atomic mass is 16.5. The predicted octanol–water partition coefficient (Wildman–Crippen LogP) is 1.79. The first kappa shape index (κ1) is 6.34. The van der Waals surface area contributed by atoms with E-state index in [0.29, 0.717) is 0 Å². The van der Waals surface area contributed by atoms with Crippen molar-refractivity contribution >= 4 is 11.1 Å². The third kappa shape index (κ3) is 0.981. The maximum atomic E-state index is 4.86. The predicted molar refractivity (Wildman–Crippen MR) is 41.2 cm³/mol. The summed E-state index contributed by atoms with van der Waals surface area (Å²) in [6.07, 6.45) is 1.02. The van der Waals surface area contributed by atoms with E-state index in [1.165, 1.54) is 5.56 Å². The molecule has 0 aliphatic heterocycles. The summed E-state index contributed by atoms with van der Waals surface area (Å²) in [5.41, 5.74) is 2.85. The van der Waals surface area contributed by atoms with Crippen LogP contribution in [0, 0.1) is 0 Å². The lowest BCUT2D eigenvalue weighted by molar-refractivity contribution is 0.424. The number of hydrogen-bond acceptors (Lipinski definition) is 3. The molecule has 1 aromatic heterocycles. The Balaban J connectivity index is 2.67. The topological polar surface area (TPSA) is 38.9 Å². The van der Waals surface area contributed by atoms with E-state index in [4.69, 9.17) is 4.52 Å². The first-order valence-electron chi connectivity index (χ1n) is 3.61. The fourth-order valence-electron chi connectivity index (χ4n) is 1.05. The van der Waals surface area contributed by atoms with Crippen LogP contribution in [0.4, 0.5) is 0 Å². The Kier molecular flexibility index (Phi) is 1.35. The molecule has 0 radical (unpaired) electrons. The molecule has 0 atom stereocenters. The minimum Gasteiger partial charge on any atom is -0.337 e. The van der Waals surface area contributed by atoms with Gasteiger partial charge in [-0.2, -0.15) is 0 Å². The van der Waals surface area contributed by atoms with Crippen LogP contribution in [0.25, 0.3) is 11.1 Å². The fraction of sp³-hybridized carbons (Fsp3) is 0.250. The van der Waals surface area contributed by atoms with Gasteiger partial charge in [0.15, 0.2) is 5.58 Å². The van der Waals surface area contributed by atoms with Gasteiger partial charge in [0.05, 0.1) is 0 Å². The lowest BCUT2D eigenvalue weighted by Gasteiger charge is -1.91. The summed E-state index contributed by atoms with van der Waals surface area (Å²) in [6.45, 7) is 2.11. The molecule has 0 N–H and O–H groups in total. The van der Waals surface area contributed by atoms with Gasteiger partial charge >= 0.3 is 0 Å². The molecule has 1 aromatic carbocycles. The Bertz CT molecular complexity index is 367. The van der Waals surface area contributed by atoms with Gasteiger partial charge in [-0.3, -0.25) is 0 Å². The van der Waals surface area contributed by atoms with Crippen LogP contribution in [0.3, 0.4) is 0 Å². The smallest absolute Gasteiger partial charge is 0.187 e. The molecular weight excluding hydrogens is 140 g/mol. The number of hydrogen-bond donors (Lipinski definition) is 0. The molecule has 0 fully saturated rings. The lowest BCUT2D eigenvalue weighted by Crippen LogP contribution is -1.78. The molecule has 0 aliphatic rings. The molecule has 1 heterocycles. The lowest BCUT2D eigenvalue weighted by atomic mass is 10.1. The van der Waals surface area contributed by atoms with Crippen molar-refractivity contribution in [3.63, 3.8) is 0 Å². The van der Waals surface area contributed by atoms with E-state index in [2.05, 4.69) is 17.3 Å². The number of aryl methyl sites for hydroxylation is 1. The van der Waals surface area contributed by atoms with Crippen LogP contribution < -0.4 is 0 Å². The zero-order valence-corrected chi connectivity index (χ0v) is 6.24. The average molecular weight is 148 g/mol. The maximum absolute atomic E-state index is 4.86. The van der Waals surface area contributed by atoms with E-state index in [1.807, 2.05) is 18.2 Å². The van der Waals surface area contributed by atoms with E-state index >= 15 is 0 Å². The van der Waals surface area contributed by atoms with Crippen molar-refractivity contribution in [3.8, 4) is 0 Å². The van der Waals surface area contributed by atoms with Gasteiger partial charge in [-0.1, -0.05) is 13.0 Å². The number of rotatable bonds is 1. The molecule has 2 aromatic rings. The van der Waals surface area contributed by atoms with E-state index in [9.17, 15) is 0 Å². The molecule has 0 spiro atoms. The number of fused-ring (bicyclic) bond motifs is 1. The molecule has 3 nitrogen and oxygen atoms in total. The minimum absolute atomic E-state index is 0.752. The number of aromatic nitrogens is 2. The van der Waals surface area contributed by atoms with Gasteiger partial charge in [0.25, 0.3) is 0 Å². The Hall–Kier alpha value is -1.38. The van der Waals surface area contributed by atoms with Gasteiger partial charge in [0.2, 0.25) is 0 Å². The van der Waals surface area contributed by atoms with Crippen LogP contribution >= 0.6 is 0 Å². The van der Waals surface area contributed by atoms with Crippen molar-refractivity contribution in [1.82, 2.24) is 10.4 Å². The Morgan fingerprint density at radius 3 is 3.18 bits per heavy atom. The molecule has 11 heavy (non-hydrogen) atoms.